The van der Waals surface area contributed by atoms with Crippen LogP contribution in [0.2, 0.25) is 0 Å². The average molecular weight is 318 g/mol. The lowest BCUT2D eigenvalue weighted by atomic mass is 10.2. The molecule has 0 bridgehead atoms. The van der Waals surface area contributed by atoms with E-state index in [-0.39, 0.29) is 0 Å². The first kappa shape index (κ1) is 12.5. The van der Waals surface area contributed by atoms with E-state index in [2.05, 4.69) is 50.1 Å². The molecule has 0 amide bonds. The van der Waals surface area contributed by atoms with Gasteiger partial charge in [-0.1, -0.05) is 30.3 Å². The number of halogens is 1. The number of benzene rings is 1. The molecule has 19 heavy (non-hydrogen) atoms. The lowest BCUT2D eigenvalue weighted by Crippen LogP contribution is -2.26. The minimum atomic E-state index is 0.604. The van der Waals surface area contributed by atoms with Gasteiger partial charge in [-0.2, -0.15) is 0 Å². The molecule has 1 heterocycles. The van der Waals surface area contributed by atoms with Crippen LogP contribution in [0.1, 0.15) is 18.4 Å². The van der Waals surface area contributed by atoms with E-state index in [1.165, 1.54) is 18.4 Å². The van der Waals surface area contributed by atoms with E-state index in [9.17, 15) is 0 Å². The quantitative estimate of drug-likeness (QED) is 0.937. The fraction of sp³-hybridized carbons (Fsp3) is 0.267. The Labute approximate surface area is 121 Å². The van der Waals surface area contributed by atoms with Crippen LogP contribution in [0.4, 0.5) is 11.5 Å². The van der Waals surface area contributed by atoms with Crippen LogP contribution in [0, 0.1) is 0 Å². The number of rotatable bonds is 4. The van der Waals surface area contributed by atoms with Gasteiger partial charge in [-0.25, -0.2) is 4.98 Å². The van der Waals surface area contributed by atoms with Crippen LogP contribution >= 0.6 is 15.9 Å². The summed E-state index contributed by atoms with van der Waals surface area (Å²) in [5, 5.41) is 0. The van der Waals surface area contributed by atoms with Crippen molar-refractivity contribution in [2.24, 2.45) is 0 Å². The zero-order chi connectivity index (χ0) is 13.2. The summed E-state index contributed by atoms with van der Waals surface area (Å²) in [6, 6.07) is 13.0. The van der Waals surface area contributed by atoms with Gasteiger partial charge in [0.05, 0.1) is 16.4 Å². The van der Waals surface area contributed by atoms with Crippen molar-refractivity contribution in [1.82, 2.24) is 4.98 Å². The molecule has 2 N–H and O–H groups in total. The molecular weight excluding hydrogens is 302 g/mol. The van der Waals surface area contributed by atoms with Crippen LogP contribution in [-0.4, -0.2) is 11.0 Å². The predicted molar refractivity (Wildman–Crippen MR) is 82.0 cm³/mol. The molecule has 4 heteroatoms. The normalized spacial score (nSPS) is 14.4. The summed E-state index contributed by atoms with van der Waals surface area (Å²) < 4.78 is 0.968. The molecule has 98 valence electrons. The number of hydrogen-bond acceptors (Lipinski definition) is 3. The van der Waals surface area contributed by atoms with Crippen molar-refractivity contribution < 1.29 is 0 Å². The van der Waals surface area contributed by atoms with E-state index >= 15 is 0 Å². The van der Waals surface area contributed by atoms with Crippen molar-refractivity contribution >= 4 is 27.4 Å². The first-order valence-electron chi connectivity index (χ1n) is 6.45. The molecule has 0 atom stereocenters. The van der Waals surface area contributed by atoms with E-state index in [1.54, 1.807) is 6.20 Å². The SMILES string of the molecule is Nc1cnc(N(Cc2ccccc2)C2CC2)c(Br)c1. The maximum absolute atomic E-state index is 5.76. The molecule has 1 aliphatic carbocycles. The molecule has 2 aromatic rings. The Bertz CT molecular complexity index is 567. The highest BCUT2D eigenvalue weighted by Gasteiger charge is 2.31. The van der Waals surface area contributed by atoms with E-state index in [0.717, 1.165) is 16.8 Å². The highest BCUT2D eigenvalue weighted by molar-refractivity contribution is 9.10. The Morgan fingerprint density at radius 3 is 2.63 bits per heavy atom. The van der Waals surface area contributed by atoms with Crippen LogP contribution in [0.5, 0.6) is 0 Å². The zero-order valence-corrected chi connectivity index (χ0v) is 12.2. The van der Waals surface area contributed by atoms with Crippen LogP contribution in [0.3, 0.4) is 0 Å². The van der Waals surface area contributed by atoms with Crippen LogP contribution in [0.15, 0.2) is 47.1 Å². The Hall–Kier alpha value is -1.55. The van der Waals surface area contributed by atoms with Gasteiger partial charge >= 0.3 is 0 Å². The van der Waals surface area contributed by atoms with Crippen molar-refractivity contribution in [2.75, 3.05) is 10.6 Å². The topological polar surface area (TPSA) is 42.1 Å². The molecule has 3 nitrogen and oxygen atoms in total. The number of nitrogens with two attached hydrogens (primary N) is 1. The van der Waals surface area contributed by atoms with Crippen molar-refractivity contribution in [1.29, 1.82) is 0 Å². The molecule has 0 saturated heterocycles. The van der Waals surface area contributed by atoms with Crippen molar-refractivity contribution in [3.63, 3.8) is 0 Å². The summed E-state index contributed by atoms with van der Waals surface area (Å²) >= 11 is 3.57. The lowest BCUT2D eigenvalue weighted by Gasteiger charge is -2.24. The molecule has 1 aromatic heterocycles. The molecule has 1 fully saturated rings. The van der Waals surface area contributed by atoms with Gasteiger partial charge in [-0.15, -0.1) is 0 Å². The number of pyridine rings is 1. The molecule has 3 rings (SSSR count). The molecule has 1 aliphatic rings. The second-order valence-corrected chi connectivity index (χ2v) is 5.77. The summed E-state index contributed by atoms with van der Waals surface area (Å²) in [6.07, 6.45) is 4.21. The minimum absolute atomic E-state index is 0.604. The monoisotopic (exact) mass is 317 g/mol. The van der Waals surface area contributed by atoms with Crippen molar-refractivity contribution in [3.8, 4) is 0 Å². The van der Waals surface area contributed by atoms with E-state index in [1.807, 2.05) is 12.1 Å². The Kier molecular flexibility index (Phi) is 3.42. The van der Waals surface area contributed by atoms with E-state index < -0.39 is 0 Å². The molecule has 1 aromatic carbocycles. The van der Waals surface area contributed by atoms with Crippen molar-refractivity contribution in [3.05, 3.63) is 52.6 Å². The number of anilines is 2. The number of nitrogen functional groups attached to an aromatic ring is 1. The largest absolute Gasteiger partial charge is 0.397 e. The van der Waals surface area contributed by atoms with Gasteiger partial charge < -0.3 is 10.6 Å². The fourth-order valence-electron chi connectivity index (χ4n) is 2.20. The maximum Gasteiger partial charge on any atom is 0.143 e. The summed E-state index contributed by atoms with van der Waals surface area (Å²) in [5.41, 5.74) is 7.75. The minimum Gasteiger partial charge on any atom is -0.397 e. The fourth-order valence-corrected chi connectivity index (χ4v) is 2.79. The Balaban J connectivity index is 1.89. The first-order chi connectivity index (χ1) is 9.24. The van der Waals surface area contributed by atoms with Gasteiger partial charge in [0.1, 0.15) is 5.82 Å². The van der Waals surface area contributed by atoms with Crippen LogP contribution < -0.4 is 10.6 Å². The summed E-state index contributed by atoms with van der Waals surface area (Å²) in [6.45, 7) is 0.890. The van der Waals surface area contributed by atoms with Crippen LogP contribution in [-0.2, 0) is 6.54 Å². The third kappa shape index (κ3) is 2.89. The third-order valence-electron chi connectivity index (χ3n) is 3.30. The maximum atomic E-state index is 5.76. The van der Waals surface area contributed by atoms with Gasteiger partial charge in [0, 0.05) is 12.6 Å². The standard InChI is InChI=1S/C15H16BrN3/c16-14-8-12(17)9-18-15(14)19(13-6-7-13)10-11-4-2-1-3-5-11/h1-5,8-9,13H,6-7,10,17H2. The van der Waals surface area contributed by atoms with Gasteiger partial charge in [0.15, 0.2) is 0 Å². The third-order valence-corrected chi connectivity index (χ3v) is 3.88. The Morgan fingerprint density at radius 2 is 2.00 bits per heavy atom. The molecular formula is C15H16BrN3. The second kappa shape index (κ2) is 5.21. The Morgan fingerprint density at radius 1 is 1.26 bits per heavy atom. The summed E-state index contributed by atoms with van der Waals surface area (Å²) in [4.78, 5) is 6.85. The van der Waals surface area contributed by atoms with Gasteiger partial charge in [0.2, 0.25) is 0 Å². The number of hydrogen-bond donors (Lipinski definition) is 1. The number of nitrogens with zero attached hydrogens (tertiary/aromatic N) is 2. The van der Waals surface area contributed by atoms with Gasteiger partial charge in [-0.3, -0.25) is 0 Å². The molecule has 0 aliphatic heterocycles. The molecule has 0 radical (unpaired) electrons. The average Bonchev–Trinajstić information content (AvgIpc) is 3.22. The van der Waals surface area contributed by atoms with E-state index in [4.69, 9.17) is 5.73 Å². The highest BCUT2D eigenvalue weighted by atomic mass is 79.9. The van der Waals surface area contributed by atoms with Crippen LogP contribution in [0.25, 0.3) is 0 Å². The number of aromatic nitrogens is 1. The first-order valence-corrected chi connectivity index (χ1v) is 7.25. The van der Waals surface area contributed by atoms with Gasteiger partial charge in [-0.05, 0) is 40.4 Å². The smallest absolute Gasteiger partial charge is 0.143 e. The predicted octanol–water partition coefficient (Wildman–Crippen LogP) is 3.60. The van der Waals surface area contributed by atoms with Gasteiger partial charge in [0.25, 0.3) is 0 Å². The second-order valence-electron chi connectivity index (χ2n) is 4.92. The summed E-state index contributed by atoms with van der Waals surface area (Å²) in [5.74, 6) is 0.987. The van der Waals surface area contributed by atoms with E-state index in [0.29, 0.717) is 11.7 Å². The molecule has 0 unspecified atom stereocenters. The molecule has 0 spiro atoms. The summed E-state index contributed by atoms with van der Waals surface area (Å²) in [7, 11) is 0. The molecule has 1 saturated carbocycles. The zero-order valence-electron chi connectivity index (χ0n) is 10.6. The lowest BCUT2D eigenvalue weighted by molar-refractivity contribution is 0.776. The highest BCUT2D eigenvalue weighted by Crippen LogP contribution is 2.36. The van der Waals surface area contributed by atoms with Crippen molar-refractivity contribution in [2.45, 2.75) is 25.4 Å².